The molecule has 4 heterocycles. The molecule has 14 aromatic rings. The van der Waals surface area contributed by atoms with Gasteiger partial charge >= 0.3 is 24.7 Å². The maximum absolute atomic E-state index is 17.4. The summed E-state index contributed by atoms with van der Waals surface area (Å²) in [4.78, 5) is 0. The van der Waals surface area contributed by atoms with E-state index in [-0.39, 0.29) is 44.1 Å². The number of aromatic nitrogens is 4. The van der Waals surface area contributed by atoms with Crippen LogP contribution in [0, 0.1) is 0 Å². The molecule has 0 spiro atoms. The summed E-state index contributed by atoms with van der Waals surface area (Å²) in [5, 5.41) is 2.37. The lowest BCUT2D eigenvalue weighted by atomic mass is 9.83. The van der Waals surface area contributed by atoms with Crippen LogP contribution in [0.1, 0.15) is 22.3 Å². The van der Waals surface area contributed by atoms with Crippen molar-refractivity contribution in [2.75, 3.05) is 0 Å². The Bertz CT molecular complexity index is 4080. The Labute approximate surface area is 443 Å². The Morgan fingerprint density at radius 3 is 0.475 bits per heavy atom. The number of rotatable bonds is 5. The molecule has 10 aromatic carbocycles. The number of halogens is 12. The molecule has 16 heteroatoms. The van der Waals surface area contributed by atoms with Crippen LogP contribution in [0.15, 0.2) is 206 Å². The molecule has 0 saturated heterocycles. The van der Waals surface area contributed by atoms with Crippen LogP contribution in [0.3, 0.4) is 0 Å². The van der Waals surface area contributed by atoms with E-state index >= 15 is 52.7 Å². The van der Waals surface area contributed by atoms with Gasteiger partial charge in [0.25, 0.3) is 0 Å². The largest absolute Gasteiger partial charge is 0.419 e. The SMILES string of the molecule is FC(F)(F)c1c(-n2c3ccccc3c3ccccc32)cc(-n2c3ccccc3c3ccccc32)c(C(F)(F)F)c1-c1c(C(F)(F)F)c(-n2c3ccccc3c3ccccc32)cc(-n2c3ccccc3c3ccccc32)c1C(F)(F)F. The van der Waals surface area contributed by atoms with Crippen LogP contribution in [0.5, 0.6) is 0 Å². The van der Waals surface area contributed by atoms with Crippen LogP contribution in [0.4, 0.5) is 52.7 Å². The van der Waals surface area contributed by atoms with Gasteiger partial charge in [0.05, 0.1) is 89.1 Å². The fourth-order valence-corrected chi connectivity index (χ4v) is 12.4. The molecular formula is C64H34F12N4. The molecule has 0 atom stereocenters. The second kappa shape index (κ2) is 17.0. The second-order valence-electron chi connectivity index (χ2n) is 19.5. The number of para-hydroxylation sites is 8. The first-order valence-electron chi connectivity index (χ1n) is 25.0. The Morgan fingerprint density at radius 1 is 0.200 bits per heavy atom. The summed E-state index contributed by atoms with van der Waals surface area (Å²) in [6.07, 6.45) is -24.6. The van der Waals surface area contributed by atoms with Gasteiger partial charge < -0.3 is 18.3 Å². The standard InChI is InChI=1S/C64H34F12N4/c65-61(66,67)57-51(77-43-25-9-1-17-35(43)36-18-2-10-26-44(36)77)33-52(78-45-27-11-3-19-37(45)38-20-4-12-28-46(38)78)58(62(68,69)70)55(57)56-59(63(71,72)73)53(79-47-29-13-5-21-39(47)40-22-6-14-30-48(40)79)34-54(60(56)64(74,75)76)80-49-31-15-7-23-41(49)42-24-8-16-32-50(42)80/h1-34H. The summed E-state index contributed by atoms with van der Waals surface area (Å²) in [6, 6.07) is 49.0. The predicted octanol–water partition coefficient (Wildman–Crippen LogP) is 19.8. The maximum Gasteiger partial charge on any atom is 0.419 e. The van der Waals surface area contributed by atoms with E-state index in [2.05, 4.69) is 0 Å². The lowest BCUT2D eigenvalue weighted by Crippen LogP contribution is -2.26. The van der Waals surface area contributed by atoms with Gasteiger partial charge in [-0.15, -0.1) is 0 Å². The molecule has 0 aliphatic heterocycles. The van der Waals surface area contributed by atoms with Gasteiger partial charge in [-0.3, -0.25) is 0 Å². The minimum atomic E-state index is -6.14. The molecule has 0 saturated carbocycles. The molecule has 4 aromatic heterocycles. The van der Waals surface area contributed by atoms with E-state index in [1.54, 1.807) is 97.1 Å². The van der Waals surface area contributed by atoms with E-state index in [0.29, 0.717) is 55.2 Å². The van der Waals surface area contributed by atoms with E-state index < -0.39 is 80.8 Å². The first kappa shape index (κ1) is 48.9. The van der Waals surface area contributed by atoms with Gasteiger partial charge in [0.15, 0.2) is 0 Å². The number of fused-ring (bicyclic) bond motifs is 12. The lowest BCUT2D eigenvalue weighted by molar-refractivity contribution is -0.146. The van der Waals surface area contributed by atoms with Gasteiger partial charge in [0.1, 0.15) is 0 Å². The van der Waals surface area contributed by atoms with Crippen LogP contribution in [0.2, 0.25) is 0 Å². The zero-order valence-corrected chi connectivity index (χ0v) is 41.0. The van der Waals surface area contributed by atoms with Crippen molar-refractivity contribution >= 4 is 87.2 Å². The van der Waals surface area contributed by atoms with Crippen molar-refractivity contribution in [2.24, 2.45) is 0 Å². The fourth-order valence-electron chi connectivity index (χ4n) is 12.4. The van der Waals surface area contributed by atoms with Gasteiger partial charge in [-0.05, 0) is 60.7 Å². The molecule has 4 nitrogen and oxygen atoms in total. The summed E-state index contributed by atoms with van der Waals surface area (Å²) in [5.41, 5.74) is -19.3. The Balaban J connectivity index is 1.33. The lowest BCUT2D eigenvalue weighted by Gasteiger charge is -2.32. The van der Waals surface area contributed by atoms with Crippen molar-refractivity contribution in [3.05, 3.63) is 229 Å². The molecule has 14 rings (SSSR count). The van der Waals surface area contributed by atoms with Crippen molar-refractivity contribution in [1.82, 2.24) is 18.3 Å². The third-order valence-corrected chi connectivity index (χ3v) is 15.2. The van der Waals surface area contributed by atoms with Gasteiger partial charge in [-0.2, -0.15) is 52.7 Å². The Kier molecular flexibility index (Phi) is 10.4. The van der Waals surface area contributed by atoms with Crippen LogP contribution in [-0.2, 0) is 24.7 Å². The van der Waals surface area contributed by atoms with Gasteiger partial charge in [0.2, 0.25) is 0 Å². The van der Waals surface area contributed by atoms with Crippen molar-refractivity contribution in [3.8, 4) is 33.9 Å². The summed E-state index contributed by atoms with van der Waals surface area (Å²) < 4.78 is 213. The Morgan fingerprint density at radius 2 is 0.338 bits per heavy atom. The molecule has 0 bridgehead atoms. The minimum Gasteiger partial charge on any atom is -0.309 e. The number of hydrogen-bond acceptors (Lipinski definition) is 0. The summed E-state index contributed by atoms with van der Waals surface area (Å²) in [6.45, 7) is 0. The molecule has 394 valence electrons. The molecule has 0 aliphatic rings. The van der Waals surface area contributed by atoms with E-state index in [1.807, 2.05) is 0 Å². The van der Waals surface area contributed by atoms with Gasteiger partial charge in [-0.1, -0.05) is 146 Å². The summed E-state index contributed by atoms with van der Waals surface area (Å²) >= 11 is 0. The quantitative estimate of drug-likeness (QED) is 0.153. The highest BCUT2D eigenvalue weighted by atomic mass is 19.4. The molecular weight excluding hydrogens is 1050 g/mol. The molecule has 0 amide bonds. The smallest absolute Gasteiger partial charge is 0.309 e. The number of alkyl halides is 12. The highest BCUT2D eigenvalue weighted by Crippen LogP contribution is 2.59. The van der Waals surface area contributed by atoms with Crippen molar-refractivity contribution < 1.29 is 52.7 Å². The fraction of sp³-hybridized carbons (Fsp3) is 0.0625. The first-order chi connectivity index (χ1) is 38.3. The topological polar surface area (TPSA) is 19.7 Å². The third kappa shape index (κ3) is 7.06. The molecule has 0 unspecified atom stereocenters. The monoisotopic (exact) mass is 1090 g/mol. The van der Waals surface area contributed by atoms with Crippen molar-refractivity contribution in [1.29, 1.82) is 0 Å². The molecule has 0 aliphatic carbocycles. The average Bonchev–Trinajstić information content (AvgIpc) is 4.32. The zero-order chi connectivity index (χ0) is 55.4. The highest BCUT2D eigenvalue weighted by Gasteiger charge is 2.53. The Hall–Kier alpha value is -9.44. The normalized spacial score (nSPS) is 13.0. The van der Waals surface area contributed by atoms with Gasteiger partial charge in [0, 0.05) is 54.2 Å². The molecule has 0 radical (unpaired) electrons. The van der Waals surface area contributed by atoms with Crippen LogP contribution in [0.25, 0.3) is 121 Å². The summed E-state index contributed by atoms with van der Waals surface area (Å²) in [7, 11) is 0. The first-order valence-corrected chi connectivity index (χ1v) is 25.0. The zero-order valence-electron chi connectivity index (χ0n) is 41.0. The van der Waals surface area contributed by atoms with Crippen molar-refractivity contribution in [2.45, 2.75) is 24.7 Å². The van der Waals surface area contributed by atoms with Crippen LogP contribution >= 0.6 is 0 Å². The number of hydrogen-bond donors (Lipinski definition) is 0. The second-order valence-corrected chi connectivity index (χ2v) is 19.5. The molecule has 0 N–H and O–H groups in total. The van der Waals surface area contributed by atoms with Crippen LogP contribution < -0.4 is 0 Å². The predicted molar refractivity (Wildman–Crippen MR) is 289 cm³/mol. The van der Waals surface area contributed by atoms with E-state index in [0.717, 1.165) is 18.3 Å². The minimum absolute atomic E-state index is 0.0322. The van der Waals surface area contributed by atoms with E-state index in [9.17, 15) is 0 Å². The van der Waals surface area contributed by atoms with Gasteiger partial charge in [-0.25, -0.2) is 0 Å². The van der Waals surface area contributed by atoms with E-state index in [4.69, 9.17) is 0 Å². The third-order valence-electron chi connectivity index (χ3n) is 15.2. The maximum atomic E-state index is 17.4. The highest BCUT2D eigenvalue weighted by molar-refractivity contribution is 6.14. The number of nitrogens with zero attached hydrogens (tertiary/aromatic N) is 4. The molecule has 0 fully saturated rings. The summed E-state index contributed by atoms with van der Waals surface area (Å²) in [5.74, 6) is 0. The van der Waals surface area contributed by atoms with Crippen molar-refractivity contribution in [3.63, 3.8) is 0 Å². The number of benzene rings is 10. The van der Waals surface area contributed by atoms with Crippen LogP contribution in [-0.4, -0.2) is 18.3 Å². The van der Waals surface area contributed by atoms with E-state index in [1.165, 1.54) is 97.1 Å². The average molecular weight is 1090 g/mol. The molecule has 80 heavy (non-hydrogen) atoms.